The van der Waals surface area contributed by atoms with Crippen molar-refractivity contribution < 1.29 is 13.4 Å². The molecule has 4 rings (SSSR count). The van der Waals surface area contributed by atoms with Crippen molar-refractivity contribution in [3.63, 3.8) is 0 Å². The van der Waals surface area contributed by atoms with Gasteiger partial charge in [0.05, 0.1) is 5.56 Å². The van der Waals surface area contributed by atoms with Crippen molar-refractivity contribution >= 4 is 29.1 Å². The highest BCUT2D eigenvalue weighted by Gasteiger charge is 2.36. The highest BCUT2D eigenvalue weighted by molar-refractivity contribution is 7.85. The number of oxazole rings is 1. The minimum Gasteiger partial charge on any atom is -0.420 e. The summed E-state index contributed by atoms with van der Waals surface area (Å²) in [5, 5.41) is 4.19. The van der Waals surface area contributed by atoms with Gasteiger partial charge in [0.1, 0.15) is 5.82 Å². The molecule has 0 aliphatic carbocycles. The SMILES string of the molecule is CNc1oc(-c2ccccc2F)nc1P(=O)(c1ccccc1)c1ccccc1. The number of benzene rings is 3. The third-order valence-electron chi connectivity index (χ3n) is 4.48. The van der Waals surface area contributed by atoms with E-state index < -0.39 is 13.0 Å². The average molecular weight is 392 g/mol. The highest BCUT2D eigenvalue weighted by Crippen LogP contribution is 2.45. The van der Waals surface area contributed by atoms with Crippen LogP contribution in [0.3, 0.4) is 0 Å². The molecule has 140 valence electrons. The molecule has 0 unspecified atom stereocenters. The number of anilines is 1. The Morgan fingerprint density at radius 2 is 1.39 bits per heavy atom. The van der Waals surface area contributed by atoms with Gasteiger partial charge >= 0.3 is 0 Å². The van der Waals surface area contributed by atoms with E-state index in [2.05, 4.69) is 10.3 Å². The molecule has 1 N–H and O–H groups in total. The lowest BCUT2D eigenvalue weighted by Gasteiger charge is -2.17. The van der Waals surface area contributed by atoms with Crippen LogP contribution in [0, 0.1) is 5.82 Å². The zero-order valence-electron chi connectivity index (χ0n) is 15.2. The second-order valence-corrected chi connectivity index (χ2v) is 8.86. The van der Waals surface area contributed by atoms with Crippen molar-refractivity contribution in [2.24, 2.45) is 0 Å². The molecule has 0 saturated carbocycles. The Morgan fingerprint density at radius 3 is 1.93 bits per heavy atom. The predicted octanol–water partition coefficient (Wildman–Crippen LogP) is 4.16. The van der Waals surface area contributed by atoms with E-state index in [1.165, 1.54) is 6.07 Å². The Bertz CT molecular complexity index is 1100. The van der Waals surface area contributed by atoms with Crippen molar-refractivity contribution in [1.29, 1.82) is 0 Å². The summed E-state index contributed by atoms with van der Waals surface area (Å²) in [7, 11) is -1.67. The van der Waals surface area contributed by atoms with Crippen LogP contribution in [0.15, 0.2) is 89.3 Å². The van der Waals surface area contributed by atoms with E-state index in [1.54, 1.807) is 25.2 Å². The van der Waals surface area contributed by atoms with E-state index in [0.29, 0.717) is 10.6 Å². The first-order valence-electron chi connectivity index (χ1n) is 8.80. The molecular formula is C22H18FN2O2P. The first-order chi connectivity index (χ1) is 13.6. The minimum absolute atomic E-state index is 0.0875. The van der Waals surface area contributed by atoms with E-state index in [1.807, 2.05) is 60.7 Å². The van der Waals surface area contributed by atoms with Gasteiger partial charge in [-0.2, -0.15) is 0 Å². The van der Waals surface area contributed by atoms with Crippen LogP contribution in [0.25, 0.3) is 11.5 Å². The number of nitrogens with one attached hydrogen (secondary N) is 1. The number of aromatic nitrogens is 1. The second-order valence-electron chi connectivity index (χ2n) is 6.18. The van der Waals surface area contributed by atoms with Crippen LogP contribution < -0.4 is 21.4 Å². The van der Waals surface area contributed by atoms with Gasteiger partial charge in [-0.3, -0.25) is 0 Å². The van der Waals surface area contributed by atoms with E-state index in [4.69, 9.17) is 4.42 Å². The topological polar surface area (TPSA) is 55.1 Å². The molecule has 1 heterocycles. The van der Waals surface area contributed by atoms with Gasteiger partial charge in [0.25, 0.3) is 0 Å². The molecule has 0 amide bonds. The van der Waals surface area contributed by atoms with Gasteiger partial charge in [-0.05, 0) is 12.1 Å². The molecule has 0 radical (unpaired) electrons. The van der Waals surface area contributed by atoms with Crippen LogP contribution in [-0.4, -0.2) is 12.0 Å². The molecule has 0 fully saturated rings. The molecule has 0 saturated heterocycles. The van der Waals surface area contributed by atoms with Gasteiger partial charge in [-0.15, -0.1) is 0 Å². The van der Waals surface area contributed by atoms with Crippen LogP contribution in [0.1, 0.15) is 0 Å². The standard InChI is InChI=1S/C22H18FN2O2P/c1-24-21-22(25-20(27-21)18-14-8-9-15-19(18)23)28(26,16-10-4-2-5-11-16)17-12-6-3-7-13-17/h2-15,24H,1H3. The summed E-state index contributed by atoms with van der Waals surface area (Å²) >= 11 is 0. The summed E-state index contributed by atoms with van der Waals surface area (Å²) in [5.41, 5.74) is 0.489. The zero-order chi connectivity index (χ0) is 19.6. The highest BCUT2D eigenvalue weighted by atomic mass is 31.2. The number of hydrogen-bond acceptors (Lipinski definition) is 4. The lowest BCUT2D eigenvalue weighted by Crippen LogP contribution is -2.27. The molecule has 4 nitrogen and oxygen atoms in total. The van der Waals surface area contributed by atoms with Gasteiger partial charge < -0.3 is 14.3 Å². The maximum atomic E-state index is 14.5. The van der Waals surface area contributed by atoms with Gasteiger partial charge in [0.2, 0.25) is 11.8 Å². The van der Waals surface area contributed by atoms with E-state index in [-0.39, 0.29) is 22.8 Å². The van der Waals surface area contributed by atoms with Crippen LogP contribution in [0.4, 0.5) is 10.3 Å². The molecule has 0 spiro atoms. The fourth-order valence-electron chi connectivity index (χ4n) is 3.11. The van der Waals surface area contributed by atoms with Crippen molar-refractivity contribution in [1.82, 2.24) is 4.98 Å². The fraction of sp³-hybridized carbons (Fsp3) is 0.0455. The van der Waals surface area contributed by atoms with E-state index in [9.17, 15) is 8.96 Å². The quantitative estimate of drug-likeness (QED) is 0.518. The largest absolute Gasteiger partial charge is 0.420 e. The zero-order valence-corrected chi connectivity index (χ0v) is 16.1. The molecule has 6 heteroatoms. The molecule has 3 aromatic carbocycles. The Labute approximate surface area is 162 Å². The normalized spacial score (nSPS) is 11.4. The van der Waals surface area contributed by atoms with E-state index >= 15 is 0 Å². The summed E-state index contributed by atoms with van der Waals surface area (Å²) in [6.07, 6.45) is 0. The van der Waals surface area contributed by atoms with Gasteiger partial charge in [0.15, 0.2) is 12.6 Å². The van der Waals surface area contributed by atoms with Crippen LogP contribution in [0.5, 0.6) is 0 Å². The smallest absolute Gasteiger partial charge is 0.232 e. The predicted molar refractivity (Wildman–Crippen MR) is 111 cm³/mol. The molecule has 4 aromatic rings. The summed E-state index contributed by atoms with van der Waals surface area (Å²) in [5.74, 6) is -0.106. The number of hydrogen-bond donors (Lipinski definition) is 1. The first kappa shape index (κ1) is 18.2. The first-order valence-corrected chi connectivity index (χ1v) is 10.5. The lowest BCUT2D eigenvalue weighted by atomic mass is 10.2. The molecule has 28 heavy (non-hydrogen) atoms. The lowest BCUT2D eigenvalue weighted by molar-refractivity contribution is 0.574. The molecule has 1 aromatic heterocycles. The fourth-order valence-corrected chi connectivity index (χ4v) is 5.75. The molecule has 0 aliphatic rings. The molecular weight excluding hydrogens is 374 g/mol. The van der Waals surface area contributed by atoms with Crippen LogP contribution >= 0.6 is 7.14 Å². The summed E-state index contributed by atoms with van der Waals surface area (Å²) in [6.45, 7) is 0. The Kier molecular flexibility index (Phi) is 4.84. The molecule has 0 bridgehead atoms. The van der Waals surface area contributed by atoms with Gasteiger partial charge in [-0.1, -0.05) is 72.8 Å². The van der Waals surface area contributed by atoms with Gasteiger partial charge in [0, 0.05) is 17.7 Å². The third kappa shape index (κ3) is 3.04. The third-order valence-corrected chi connectivity index (χ3v) is 7.43. The average Bonchev–Trinajstić information content (AvgIpc) is 3.19. The van der Waals surface area contributed by atoms with Crippen molar-refractivity contribution in [3.8, 4) is 11.5 Å². The summed E-state index contributed by atoms with van der Waals surface area (Å²) in [6, 6.07) is 24.5. The van der Waals surface area contributed by atoms with Crippen LogP contribution in [-0.2, 0) is 4.57 Å². The van der Waals surface area contributed by atoms with E-state index in [0.717, 1.165) is 0 Å². The van der Waals surface area contributed by atoms with Crippen molar-refractivity contribution in [3.05, 3.63) is 90.7 Å². The summed E-state index contributed by atoms with van der Waals surface area (Å²) in [4.78, 5) is 4.50. The van der Waals surface area contributed by atoms with Crippen LogP contribution in [0.2, 0.25) is 0 Å². The minimum atomic E-state index is -3.34. The Morgan fingerprint density at radius 1 is 0.857 bits per heavy atom. The summed E-state index contributed by atoms with van der Waals surface area (Å²) < 4.78 is 34.5. The van der Waals surface area contributed by atoms with Crippen molar-refractivity contribution in [2.45, 2.75) is 0 Å². The molecule has 0 aliphatic heterocycles. The maximum absolute atomic E-state index is 14.5. The van der Waals surface area contributed by atoms with Crippen molar-refractivity contribution in [2.75, 3.05) is 12.4 Å². The second kappa shape index (κ2) is 7.45. The van der Waals surface area contributed by atoms with Gasteiger partial charge in [-0.25, -0.2) is 9.37 Å². The number of rotatable bonds is 5. The number of halogens is 1. The Balaban J connectivity index is 1.98. The molecule has 0 atom stereocenters. The maximum Gasteiger partial charge on any atom is 0.232 e. The Hall–Kier alpha value is -3.17. The monoisotopic (exact) mass is 392 g/mol. The number of nitrogens with zero attached hydrogens (tertiary/aromatic N) is 1.